The minimum atomic E-state index is -1.04. The monoisotopic (exact) mass is 589 g/mol. The number of rotatable bonds is 3. The molecule has 2 rings (SSSR count). The lowest BCUT2D eigenvalue weighted by atomic mass is 10.1. The van der Waals surface area contributed by atoms with E-state index >= 15 is 0 Å². The Bertz CT molecular complexity index is 953. The van der Waals surface area contributed by atoms with Gasteiger partial charge < -0.3 is 24.0 Å². The second-order valence-electron chi connectivity index (χ2n) is 9.78. The first-order chi connectivity index (χ1) is 15.6. The number of amides is 3. The van der Waals surface area contributed by atoms with Crippen LogP contribution in [0.15, 0.2) is 18.2 Å². The number of piperazine rings is 1. The standard InChI is InChI=1S/C23H32IN3O7/c1-22(2,3)33-20(30)25-16-9-8-14(24)12-15(16)18(28)27-11-10-26(13-17(27)19(29)32-7)21(31)34-23(4,5)6/h8-9,12,17H,10-11,13H2,1-7H3,(H,25,30). The van der Waals surface area contributed by atoms with E-state index in [9.17, 15) is 19.2 Å². The van der Waals surface area contributed by atoms with E-state index in [4.69, 9.17) is 14.2 Å². The number of hydrogen-bond acceptors (Lipinski definition) is 7. The van der Waals surface area contributed by atoms with Gasteiger partial charge in [-0.1, -0.05) is 0 Å². The second kappa shape index (κ2) is 10.8. The van der Waals surface area contributed by atoms with Gasteiger partial charge in [0.2, 0.25) is 0 Å². The van der Waals surface area contributed by atoms with Crippen LogP contribution in [0.4, 0.5) is 15.3 Å². The first-order valence-corrected chi connectivity index (χ1v) is 11.9. The van der Waals surface area contributed by atoms with Crippen molar-refractivity contribution in [3.63, 3.8) is 0 Å². The van der Waals surface area contributed by atoms with E-state index in [1.807, 2.05) is 0 Å². The summed E-state index contributed by atoms with van der Waals surface area (Å²) in [6, 6.07) is 3.92. The molecule has 0 aliphatic carbocycles. The highest BCUT2D eigenvalue weighted by Crippen LogP contribution is 2.25. The molecule has 1 aromatic rings. The fourth-order valence-corrected chi connectivity index (χ4v) is 3.72. The average Bonchev–Trinajstić information content (AvgIpc) is 2.70. The van der Waals surface area contributed by atoms with Crippen LogP contribution in [0.1, 0.15) is 51.9 Å². The number of nitrogens with one attached hydrogen (secondary N) is 1. The van der Waals surface area contributed by atoms with E-state index in [-0.39, 0.29) is 30.9 Å². The van der Waals surface area contributed by atoms with Crippen molar-refractivity contribution >= 4 is 52.3 Å². The lowest BCUT2D eigenvalue weighted by Crippen LogP contribution is -2.60. The second-order valence-corrected chi connectivity index (χ2v) is 11.0. The zero-order valence-electron chi connectivity index (χ0n) is 20.6. The highest BCUT2D eigenvalue weighted by Gasteiger charge is 2.40. The summed E-state index contributed by atoms with van der Waals surface area (Å²) < 4.78 is 16.4. The number of benzene rings is 1. The molecule has 0 spiro atoms. The SMILES string of the molecule is COC(=O)C1CN(C(=O)OC(C)(C)C)CCN1C(=O)c1cc(I)ccc1NC(=O)OC(C)(C)C. The maximum Gasteiger partial charge on any atom is 0.412 e. The first-order valence-electron chi connectivity index (χ1n) is 10.8. The largest absolute Gasteiger partial charge is 0.467 e. The van der Waals surface area contributed by atoms with E-state index in [1.165, 1.54) is 16.9 Å². The van der Waals surface area contributed by atoms with Gasteiger partial charge in [-0.05, 0) is 82.3 Å². The van der Waals surface area contributed by atoms with E-state index in [0.717, 1.165) is 3.57 Å². The molecular formula is C23H32IN3O7. The molecule has 1 heterocycles. The van der Waals surface area contributed by atoms with Crippen LogP contribution in [0.25, 0.3) is 0 Å². The fraction of sp³-hybridized carbons (Fsp3) is 0.565. The maximum absolute atomic E-state index is 13.6. The molecule has 10 nitrogen and oxygen atoms in total. The maximum atomic E-state index is 13.6. The van der Waals surface area contributed by atoms with Crippen molar-refractivity contribution in [2.24, 2.45) is 0 Å². The molecule has 11 heteroatoms. The summed E-state index contributed by atoms with van der Waals surface area (Å²) in [5.41, 5.74) is -0.977. The number of halogens is 1. The van der Waals surface area contributed by atoms with Gasteiger partial charge in [-0.25, -0.2) is 14.4 Å². The minimum absolute atomic E-state index is 0.0773. The van der Waals surface area contributed by atoms with Crippen molar-refractivity contribution in [2.75, 3.05) is 32.1 Å². The lowest BCUT2D eigenvalue weighted by molar-refractivity contribution is -0.147. The van der Waals surface area contributed by atoms with Crippen molar-refractivity contribution in [3.05, 3.63) is 27.3 Å². The molecule has 0 aromatic heterocycles. The highest BCUT2D eigenvalue weighted by molar-refractivity contribution is 14.1. The van der Waals surface area contributed by atoms with Crippen LogP contribution >= 0.6 is 22.6 Å². The van der Waals surface area contributed by atoms with Gasteiger partial charge >= 0.3 is 18.2 Å². The molecule has 1 aromatic carbocycles. The Morgan fingerprint density at radius 3 is 2.18 bits per heavy atom. The van der Waals surface area contributed by atoms with Crippen LogP contribution in [0, 0.1) is 3.57 Å². The van der Waals surface area contributed by atoms with Crippen molar-refractivity contribution in [1.29, 1.82) is 0 Å². The van der Waals surface area contributed by atoms with E-state index in [0.29, 0.717) is 0 Å². The van der Waals surface area contributed by atoms with Gasteiger partial charge in [-0.3, -0.25) is 10.1 Å². The number of anilines is 1. The lowest BCUT2D eigenvalue weighted by Gasteiger charge is -2.40. The van der Waals surface area contributed by atoms with Crippen LogP contribution in [0.2, 0.25) is 0 Å². The van der Waals surface area contributed by atoms with Crippen LogP contribution in [0.5, 0.6) is 0 Å². The van der Waals surface area contributed by atoms with Crippen LogP contribution in [-0.4, -0.2) is 77.9 Å². The summed E-state index contributed by atoms with van der Waals surface area (Å²) in [6.45, 7) is 10.6. The third kappa shape index (κ3) is 7.74. The molecule has 188 valence electrons. The Morgan fingerprint density at radius 1 is 1.00 bits per heavy atom. The smallest absolute Gasteiger partial charge is 0.412 e. The summed E-state index contributed by atoms with van der Waals surface area (Å²) in [6.07, 6.45) is -1.28. The molecule has 1 atom stereocenters. The summed E-state index contributed by atoms with van der Waals surface area (Å²) in [7, 11) is 1.22. The van der Waals surface area contributed by atoms with Crippen molar-refractivity contribution in [2.45, 2.75) is 58.8 Å². The third-order valence-electron chi connectivity index (χ3n) is 4.61. The predicted molar refractivity (Wildman–Crippen MR) is 134 cm³/mol. The van der Waals surface area contributed by atoms with Gasteiger partial charge in [0, 0.05) is 16.7 Å². The predicted octanol–water partition coefficient (Wildman–Crippen LogP) is 3.87. The van der Waals surface area contributed by atoms with Crippen LogP contribution in [-0.2, 0) is 19.0 Å². The van der Waals surface area contributed by atoms with Crippen molar-refractivity contribution in [3.8, 4) is 0 Å². The third-order valence-corrected chi connectivity index (χ3v) is 5.28. The first kappa shape index (κ1) is 27.7. The molecule has 1 aliphatic heterocycles. The van der Waals surface area contributed by atoms with Gasteiger partial charge in [-0.2, -0.15) is 0 Å². The molecule has 0 radical (unpaired) electrons. The molecule has 0 saturated carbocycles. The fourth-order valence-electron chi connectivity index (χ4n) is 3.23. The molecule has 1 N–H and O–H groups in total. The molecule has 1 fully saturated rings. The van der Waals surface area contributed by atoms with E-state index < -0.39 is 41.3 Å². The summed E-state index contributed by atoms with van der Waals surface area (Å²) in [4.78, 5) is 53.7. The minimum Gasteiger partial charge on any atom is -0.467 e. The van der Waals surface area contributed by atoms with Crippen LogP contribution in [0.3, 0.4) is 0 Å². The van der Waals surface area contributed by atoms with Crippen molar-refractivity contribution in [1.82, 2.24) is 9.80 Å². The number of esters is 1. The number of ether oxygens (including phenoxy) is 3. The van der Waals surface area contributed by atoms with Gasteiger partial charge in [0.15, 0.2) is 0 Å². The topological polar surface area (TPSA) is 114 Å². The Balaban J connectivity index is 2.31. The summed E-state index contributed by atoms with van der Waals surface area (Å²) in [5.74, 6) is -1.14. The number of carbonyl (C=O) groups excluding carboxylic acids is 4. The molecule has 34 heavy (non-hydrogen) atoms. The summed E-state index contributed by atoms with van der Waals surface area (Å²) in [5, 5.41) is 2.61. The van der Waals surface area contributed by atoms with Crippen LogP contribution < -0.4 is 5.32 Å². The Kier molecular flexibility index (Phi) is 8.78. The number of methoxy groups -OCH3 is 1. The molecule has 1 saturated heterocycles. The average molecular weight is 589 g/mol. The Hall–Kier alpha value is -2.57. The van der Waals surface area contributed by atoms with E-state index in [1.54, 1.807) is 59.7 Å². The van der Waals surface area contributed by atoms with Gasteiger partial charge in [0.05, 0.1) is 24.9 Å². The van der Waals surface area contributed by atoms with Gasteiger partial charge in [-0.15, -0.1) is 0 Å². The zero-order chi connectivity index (χ0) is 25.8. The quantitative estimate of drug-likeness (QED) is 0.324. The molecule has 3 amide bonds. The number of carbonyl (C=O) groups is 4. The van der Waals surface area contributed by atoms with Crippen molar-refractivity contribution < 1.29 is 33.4 Å². The zero-order valence-corrected chi connectivity index (χ0v) is 22.7. The Labute approximate surface area is 213 Å². The molecule has 0 bridgehead atoms. The number of nitrogens with zero attached hydrogens (tertiary/aromatic N) is 2. The van der Waals surface area contributed by atoms with Gasteiger partial charge in [0.25, 0.3) is 5.91 Å². The van der Waals surface area contributed by atoms with E-state index in [2.05, 4.69) is 27.9 Å². The molecular weight excluding hydrogens is 557 g/mol. The van der Waals surface area contributed by atoms with Gasteiger partial charge in [0.1, 0.15) is 17.2 Å². The molecule has 1 aliphatic rings. The molecule has 1 unspecified atom stereocenters. The Morgan fingerprint density at radius 2 is 1.62 bits per heavy atom. The normalized spacial score (nSPS) is 16.5. The summed E-state index contributed by atoms with van der Waals surface area (Å²) >= 11 is 2.06. The highest BCUT2D eigenvalue weighted by atomic mass is 127. The number of hydrogen-bond donors (Lipinski definition) is 1.